The lowest BCUT2D eigenvalue weighted by Gasteiger charge is -2.21. The summed E-state index contributed by atoms with van der Waals surface area (Å²) in [6, 6.07) is 1.29. The van der Waals surface area contributed by atoms with Gasteiger partial charge >= 0.3 is 0 Å². The molecule has 1 rings (SSSR count). The van der Waals surface area contributed by atoms with E-state index in [4.69, 9.17) is 0 Å². The van der Waals surface area contributed by atoms with Gasteiger partial charge in [-0.25, -0.2) is 4.39 Å². The van der Waals surface area contributed by atoms with Crippen molar-refractivity contribution in [1.29, 1.82) is 0 Å². The first-order valence-electron chi connectivity index (χ1n) is 4.74. The van der Waals surface area contributed by atoms with Crippen LogP contribution in [-0.2, 0) is 10.2 Å². The number of pyridine rings is 1. The Kier molecular flexibility index (Phi) is 3.07. The van der Waals surface area contributed by atoms with E-state index in [-0.39, 0.29) is 11.3 Å². The highest BCUT2D eigenvalue weighted by molar-refractivity contribution is 5.89. The summed E-state index contributed by atoms with van der Waals surface area (Å²) in [6.45, 7) is 7.26. The van der Waals surface area contributed by atoms with Crippen LogP contribution in [0, 0.1) is 5.82 Å². The number of hydrogen-bond donors (Lipinski definition) is 1. The first-order valence-corrected chi connectivity index (χ1v) is 4.74. The van der Waals surface area contributed by atoms with Gasteiger partial charge in [-0.3, -0.25) is 9.78 Å². The van der Waals surface area contributed by atoms with Crippen molar-refractivity contribution in [1.82, 2.24) is 4.98 Å². The number of carbonyl (C=O) groups excluding carboxylic acids is 1. The van der Waals surface area contributed by atoms with Crippen LogP contribution in [0.4, 0.5) is 10.1 Å². The van der Waals surface area contributed by atoms with Gasteiger partial charge in [0.05, 0.1) is 17.6 Å². The molecule has 1 N–H and O–H groups in total. The Morgan fingerprint density at radius 1 is 1.47 bits per heavy atom. The van der Waals surface area contributed by atoms with Crippen LogP contribution in [0.3, 0.4) is 0 Å². The van der Waals surface area contributed by atoms with E-state index in [1.807, 2.05) is 20.8 Å². The lowest BCUT2D eigenvalue weighted by molar-refractivity contribution is -0.114. The van der Waals surface area contributed by atoms with Gasteiger partial charge in [-0.1, -0.05) is 20.8 Å². The molecule has 0 aliphatic heterocycles. The molecule has 1 heterocycles. The van der Waals surface area contributed by atoms with Crippen LogP contribution in [0.5, 0.6) is 0 Å². The maximum Gasteiger partial charge on any atom is 0.221 e. The van der Waals surface area contributed by atoms with Crippen LogP contribution in [0.25, 0.3) is 0 Å². The van der Waals surface area contributed by atoms with E-state index in [0.29, 0.717) is 11.4 Å². The fourth-order valence-corrected chi connectivity index (χ4v) is 1.32. The van der Waals surface area contributed by atoms with Gasteiger partial charge in [0.15, 0.2) is 0 Å². The average molecular weight is 210 g/mol. The van der Waals surface area contributed by atoms with E-state index in [9.17, 15) is 9.18 Å². The number of carbonyl (C=O) groups is 1. The molecule has 0 saturated carbocycles. The molecule has 1 aromatic heterocycles. The number of anilines is 1. The van der Waals surface area contributed by atoms with Crippen molar-refractivity contribution in [3.63, 3.8) is 0 Å². The minimum absolute atomic E-state index is 0.229. The molecule has 0 aliphatic carbocycles. The molecule has 0 saturated heterocycles. The molecule has 82 valence electrons. The fraction of sp³-hybridized carbons (Fsp3) is 0.455. The molecular weight excluding hydrogens is 195 g/mol. The molecule has 1 aromatic rings. The minimum atomic E-state index is -0.452. The van der Waals surface area contributed by atoms with Crippen LogP contribution in [-0.4, -0.2) is 10.9 Å². The van der Waals surface area contributed by atoms with Gasteiger partial charge in [0, 0.05) is 18.4 Å². The van der Waals surface area contributed by atoms with Crippen LogP contribution in [0.1, 0.15) is 33.4 Å². The van der Waals surface area contributed by atoms with Crippen LogP contribution in [0.15, 0.2) is 12.3 Å². The van der Waals surface area contributed by atoms with Crippen molar-refractivity contribution in [2.75, 3.05) is 5.32 Å². The summed E-state index contributed by atoms with van der Waals surface area (Å²) in [5.41, 5.74) is 0.889. The van der Waals surface area contributed by atoms with Gasteiger partial charge in [-0.15, -0.1) is 0 Å². The Hall–Kier alpha value is -1.45. The molecule has 0 fully saturated rings. The van der Waals surface area contributed by atoms with E-state index in [0.717, 1.165) is 6.20 Å². The molecule has 0 aromatic carbocycles. The molecule has 15 heavy (non-hydrogen) atoms. The number of nitrogens with zero attached hydrogens (tertiary/aromatic N) is 1. The number of hydrogen-bond acceptors (Lipinski definition) is 2. The van der Waals surface area contributed by atoms with Crippen LogP contribution in [0.2, 0.25) is 0 Å². The molecule has 4 heteroatoms. The zero-order valence-corrected chi connectivity index (χ0v) is 9.39. The standard InChI is InChI=1S/C11H15FN2O/c1-7(15)14-9-5-8(12)6-13-10(9)11(2,3)4/h5-6H,1-4H3,(H,14,15). The van der Waals surface area contributed by atoms with Gasteiger partial charge < -0.3 is 5.32 Å². The van der Waals surface area contributed by atoms with Crippen molar-refractivity contribution >= 4 is 11.6 Å². The summed E-state index contributed by atoms with van der Waals surface area (Å²) in [5, 5.41) is 2.58. The minimum Gasteiger partial charge on any atom is -0.325 e. The maximum atomic E-state index is 13.0. The van der Waals surface area contributed by atoms with Crippen molar-refractivity contribution in [3.05, 3.63) is 23.8 Å². The van der Waals surface area contributed by atoms with Gasteiger partial charge in [0.25, 0.3) is 0 Å². The predicted octanol–water partition coefficient (Wildman–Crippen LogP) is 2.48. The summed E-state index contributed by atoms with van der Waals surface area (Å²) < 4.78 is 13.0. The highest BCUT2D eigenvalue weighted by Gasteiger charge is 2.20. The zero-order chi connectivity index (χ0) is 11.6. The number of nitrogens with one attached hydrogen (secondary N) is 1. The predicted molar refractivity (Wildman–Crippen MR) is 57.2 cm³/mol. The third kappa shape index (κ3) is 3.01. The number of amides is 1. The Bertz CT molecular complexity index is 383. The quantitative estimate of drug-likeness (QED) is 0.773. The Morgan fingerprint density at radius 2 is 2.07 bits per heavy atom. The van der Waals surface area contributed by atoms with E-state index >= 15 is 0 Å². The second kappa shape index (κ2) is 3.96. The smallest absolute Gasteiger partial charge is 0.221 e. The fourth-order valence-electron chi connectivity index (χ4n) is 1.32. The molecule has 0 radical (unpaired) electrons. The summed E-state index contributed by atoms with van der Waals surface area (Å²) in [7, 11) is 0. The Labute approximate surface area is 88.7 Å². The summed E-state index contributed by atoms with van der Waals surface area (Å²) in [4.78, 5) is 15.0. The summed E-state index contributed by atoms with van der Waals surface area (Å²) in [5.74, 6) is -0.681. The topological polar surface area (TPSA) is 42.0 Å². The second-order valence-corrected chi connectivity index (χ2v) is 4.48. The third-order valence-corrected chi connectivity index (χ3v) is 1.88. The van der Waals surface area contributed by atoms with E-state index in [1.54, 1.807) is 0 Å². The molecule has 0 unspecified atom stereocenters. The van der Waals surface area contributed by atoms with Gasteiger partial charge in [0.2, 0.25) is 5.91 Å². The number of halogens is 1. The maximum absolute atomic E-state index is 13.0. The number of aromatic nitrogens is 1. The molecule has 0 spiro atoms. The highest BCUT2D eigenvalue weighted by Crippen LogP contribution is 2.27. The SMILES string of the molecule is CC(=O)Nc1cc(F)cnc1C(C)(C)C. The van der Waals surface area contributed by atoms with Crippen LogP contribution >= 0.6 is 0 Å². The third-order valence-electron chi connectivity index (χ3n) is 1.88. The lowest BCUT2D eigenvalue weighted by Crippen LogP contribution is -2.19. The average Bonchev–Trinajstić information content (AvgIpc) is 1.99. The summed E-state index contributed by atoms with van der Waals surface area (Å²) >= 11 is 0. The molecule has 0 aliphatic rings. The zero-order valence-electron chi connectivity index (χ0n) is 9.39. The summed E-state index contributed by atoms with van der Waals surface area (Å²) in [6.07, 6.45) is 1.16. The molecule has 0 bridgehead atoms. The monoisotopic (exact) mass is 210 g/mol. The van der Waals surface area contributed by atoms with Gasteiger partial charge in [-0.05, 0) is 0 Å². The lowest BCUT2D eigenvalue weighted by atomic mass is 9.90. The van der Waals surface area contributed by atoms with E-state index < -0.39 is 5.82 Å². The molecule has 3 nitrogen and oxygen atoms in total. The van der Waals surface area contributed by atoms with E-state index in [1.165, 1.54) is 13.0 Å². The Morgan fingerprint density at radius 3 is 2.53 bits per heavy atom. The molecule has 1 amide bonds. The molecular formula is C11H15FN2O. The first kappa shape index (κ1) is 11.6. The molecule has 0 atom stereocenters. The van der Waals surface area contributed by atoms with Crippen molar-refractivity contribution < 1.29 is 9.18 Å². The Balaban J connectivity index is 3.20. The van der Waals surface area contributed by atoms with Crippen molar-refractivity contribution in [2.24, 2.45) is 0 Å². The largest absolute Gasteiger partial charge is 0.325 e. The van der Waals surface area contributed by atoms with Gasteiger partial charge in [-0.2, -0.15) is 0 Å². The second-order valence-electron chi connectivity index (χ2n) is 4.48. The van der Waals surface area contributed by atoms with Crippen molar-refractivity contribution in [3.8, 4) is 0 Å². The van der Waals surface area contributed by atoms with Crippen LogP contribution < -0.4 is 5.32 Å². The van der Waals surface area contributed by atoms with Gasteiger partial charge in [0.1, 0.15) is 5.82 Å². The first-order chi connectivity index (χ1) is 6.80. The number of rotatable bonds is 1. The highest BCUT2D eigenvalue weighted by atomic mass is 19.1. The van der Waals surface area contributed by atoms with E-state index in [2.05, 4.69) is 10.3 Å². The van der Waals surface area contributed by atoms with Crippen molar-refractivity contribution in [2.45, 2.75) is 33.1 Å². The normalized spacial score (nSPS) is 11.3.